The van der Waals surface area contributed by atoms with Crippen LogP contribution in [0.1, 0.15) is 62.1 Å². The molecular formula is C90H80N6O20. The minimum absolute atomic E-state index is 0.237. The van der Waals surface area contributed by atoms with Crippen molar-refractivity contribution in [3.05, 3.63) is 325 Å². The lowest BCUT2D eigenvalue weighted by molar-refractivity contribution is 0.0979. The molecule has 590 valence electrons. The van der Waals surface area contributed by atoms with Crippen LogP contribution in [0.2, 0.25) is 0 Å². The number of aliphatic hydroxyl groups excluding tert-OH is 2. The van der Waals surface area contributed by atoms with Crippen LogP contribution < -0.4 is 88.7 Å². The van der Waals surface area contributed by atoms with Crippen LogP contribution >= 0.6 is 0 Å². The Balaban J connectivity index is 0.460. The summed E-state index contributed by atoms with van der Waals surface area (Å²) in [5.41, 5.74) is 6.13. The van der Waals surface area contributed by atoms with Crippen molar-refractivity contribution in [1.82, 2.24) is 0 Å². The highest BCUT2D eigenvalue weighted by Gasteiger charge is 2.15. The van der Waals surface area contributed by atoms with Gasteiger partial charge in [0.1, 0.15) is 135 Å². The minimum Gasteiger partial charge on any atom is -0.490 e. The lowest BCUT2D eigenvalue weighted by atomic mass is 10.2. The zero-order valence-electron chi connectivity index (χ0n) is 62.4. The number of benzene rings is 12. The van der Waals surface area contributed by atoms with Gasteiger partial charge in [0.15, 0.2) is 13.6 Å². The van der Waals surface area contributed by atoms with Crippen molar-refractivity contribution >= 4 is 69.6 Å². The summed E-state index contributed by atoms with van der Waals surface area (Å²) in [6.45, 7) is 1.60. The Morgan fingerprint density at radius 1 is 0.164 bits per heavy atom. The fourth-order valence-corrected chi connectivity index (χ4v) is 11.0. The molecule has 0 spiro atoms. The smallest absolute Gasteiger partial charge is 0.255 e. The van der Waals surface area contributed by atoms with Crippen LogP contribution in [0.3, 0.4) is 0 Å². The second-order valence-corrected chi connectivity index (χ2v) is 25.0. The van der Waals surface area contributed by atoms with Gasteiger partial charge < -0.3 is 99.0 Å². The van der Waals surface area contributed by atoms with Crippen LogP contribution in [0, 0.1) is 0 Å². The maximum atomic E-state index is 13.1. The van der Waals surface area contributed by atoms with Gasteiger partial charge in [-0.2, -0.15) is 0 Å². The van der Waals surface area contributed by atoms with Crippen molar-refractivity contribution in [2.24, 2.45) is 0 Å². The molecule has 0 aliphatic heterocycles. The van der Waals surface area contributed by atoms with Gasteiger partial charge >= 0.3 is 0 Å². The third-order valence-corrected chi connectivity index (χ3v) is 16.9. The predicted molar refractivity (Wildman–Crippen MR) is 435 cm³/mol. The minimum atomic E-state index is -0.450. The summed E-state index contributed by atoms with van der Waals surface area (Å²) < 4.78 is 68.3. The number of carbonyl (C=O) groups is 6. The molecule has 26 heteroatoms. The first-order valence-corrected chi connectivity index (χ1v) is 36.6. The van der Waals surface area contributed by atoms with E-state index >= 15 is 0 Å². The first-order valence-electron chi connectivity index (χ1n) is 36.6. The average molecular weight is 1570 g/mol. The van der Waals surface area contributed by atoms with Crippen LogP contribution in [0.5, 0.6) is 69.0 Å². The largest absolute Gasteiger partial charge is 0.490 e. The first-order chi connectivity index (χ1) is 56.8. The predicted octanol–water partition coefficient (Wildman–Crippen LogP) is 15.1. The molecule has 0 atom stereocenters. The van der Waals surface area contributed by atoms with Crippen molar-refractivity contribution in [3.63, 3.8) is 0 Å². The van der Waals surface area contributed by atoms with E-state index < -0.39 is 13.6 Å². The molecule has 0 fully saturated rings. The molecule has 12 aromatic carbocycles. The van der Waals surface area contributed by atoms with Gasteiger partial charge in [-0.25, -0.2) is 0 Å². The number of rotatable bonds is 41. The van der Waals surface area contributed by atoms with Crippen molar-refractivity contribution in [2.75, 3.05) is 112 Å². The first kappa shape index (κ1) is 80.5. The molecular weight excluding hydrogens is 1490 g/mol. The standard InChI is InChI=1S/C90H80N6O20/c97-59-115-83-35-11-66(12-36-83)90(104)95-71-21-45-82(46-22-71)114-58-52-108-76-31-7-64(8-32-76)88(102)93-69-17-41-80(42-18-69)112-56-50-106-74-27-3-62(4-28-74)86(100)91-67-13-37-78(38-14-67)110-54-49-105-73-25-1-61(2-26-73)85(99)92-68-15-39-79(40-16-68)111-55-51-107-75-29-5-63(6-30-75)87(101)94-70-19-43-81(44-20-70)113-57-53-109-77-33-9-65(10-34-77)89(103)96-72-23-47-84(48-24-72)116-60-98/h1-48,97-98H,49-60H2,(H,91,100)(H,92,99)(H,93,102)(H,94,101)(H,95,104)(H,96,103). The summed E-state index contributed by atoms with van der Waals surface area (Å²) in [5.74, 6) is 4.92. The van der Waals surface area contributed by atoms with Crippen LogP contribution in [0.25, 0.3) is 0 Å². The zero-order chi connectivity index (χ0) is 80.5. The SMILES string of the molecule is O=C(Nc1ccc(OCCOc2ccc(C(=O)Nc3ccc(OCCOc4ccc(C(=O)Nc5ccc(OCCOc6ccc(C(=O)Nc7ccc(OCCOc8ccc(C(=O)Nc9ccc(OCCOc%10ccc(C(=O)Nc%11ccc(OCO)cc%11)cc%10)cc9)cc8)cc7)cc6)cc5)cc4)cc3)cc2)cc1)c1ccc(OCO)cc1. The summed E-state index contributed by atoms with van der Waals surface area (Å²) in [6.07, 6.45) is 0. The number of hydrogen-bond acceptors (Lipinski definition) is 20. The van der Waals surface area contributed by atoms with Crippen molar-refractivity contribution in [2.45, 2.75) is 0 Å². The van der Waals surface area contributed by atoms with Gasteiger partial charge in [0.05, 0.1) is 0 Å². The Morgan fingerprint density at radius 2 is 0.267 bits per heavy atom. The monoisotopic (exact) mass is 1560 g/mol. The van der Waals surface area contributed by atoms with Crippen molar-refractivity contribution < 1.29 is 95.8 Å². The number of nitrogens with one attached hydrogen (secondary N) is 6. The van der Waals surface area contributed by atoms with Crippen LogP contribution in [0.15, 0.2) is 291 Å². The summed E-state index contributed by atoms with van der Waals surface area (Å²) >= 11 is 0. The van der Waals surface area contributed by atoms with Gasteiger partial charge in [0.2, 0.25) is 0 Å². The van der Waals surface area contributed by atoms with Gasteiger partial charge in [-0.3, -0.25) is 28.8 Å². The van der Waals surface area contributed by atoms with Gasteiger partial charge in [-0.05, 0) is 291 Å². The van der Waals surface area contributed by atoms with E-state index in [0.717, 1.165) is 0 Å². The average Bonchev–Trinajstić information content (AvgIpc) is 0.882. The molecule has 8 N–H and O–H groups in total. The van der Waals surface area contributed by atoms with E-state index in [1.165, 1.54) is 0 Å². The molecule has 0 aliphatic carbocycles. The summed E-state index contributed by atoms with van der Waals surface area (Å²) in [5, 5.41) is 35.0. The maximum Gasteiger partial charge on any atom is 0.255 e. The molecule has 0 heterocycles. The molecule has 0 unspecified atom stereocenters. The number of aliphatic hydroxyl groups is 2. The number of carbonyl (C=O) groups excluding carboxylic acids is 6. The Morgan fingerprint density at radius 3 is 0.379 bits per heavy atom. The molecule has 0 radical (unpaired) electrons. The van der Waals surface area contributed by atoms with E-state index in [4.69, 9.17) is 67.1 Å². The van der Waals surface area contributed by atoms with E-state index in [-0.39, 0.29) is 102 Å². The lowest BCUT2D eigenvalue weighted by Gasteiger charge is -2.11. The highest BCUT2D eigenvalue weighted by Crippen LogP contribution is 2.27. The van der Waals surface area contributed by atoms with E-state index in [1.54, 1.807) is 291 Å². The second kappa shape index (κ2) is 41.9. The summed E-state index contributed by atoms with van der Waals surface area (Å²) in [4.78, 5) is 77.5. The second-order valence-electron chi connectivity index (χ2n) is 25.0. The molecule has 12 aromatic rings. The normalized spacial score (nSPS) is 10.6. The third-order valence-electron chi connectivity index (χ3n) is 16.9. The highest BCUT2D eigenvalue weighted by molar-refractivity contribution is 6.07. The molecule has 26 nitrogen and oxygen atoms in total. The Labute approximate surface area is 667 Å². The summed E-state index contributed by atoms with van der Waals surface area (Å²) in [6, 6.07) is 81.6. The molecule has 12 rings (SSSR count). The van der Waals surface area contributed by atoms with E-state index in [2.05, 4.69) is 31.9 Å². The Hall–Kier alpha value is -15.0. The topological polar surface area (TPSA) is 326 Å². The van der Waals surface area contributed by atoms with E-state index in [0.29, 0.717) is 136 Å². The quantitative estimate of drug-likeness (QED) is 0.0130. The zero-order valence-corrected chi connectivity index (χ0v) is 62.4. The maximum absolute atomic E-state index is 13.1. The fraction of sp³-hybridized carbons (Fsp3) is 0.133. The van der Waals surface area contributed by atoms with Gasteiger partial charge in [-0.15, -0.1) is 0 Å². The molecule has 0 saturated heterocycles. The van der Waals surface area contributed by atoms with Crippen LogP contribution in [-0.4, -0.2) is 125 Å². The van der Waals surface area contributed by atoms with Crippen LogP contribution in [-0.2, 0) is 0 Å². The molecule has 0 aliphatic rings. The van der Waals surface area contributed by atoms with Crippen molar-refractivity contribution in [3.8, 4) is 69.0 Å². The molecule has 0 saturated carbocycles. The van der Waals surface area contributed by atoms with Crippen molar-refractivity contribution in [1.29, 1.82) is 0 Å². The van der Waals surface area contributed by atoms with Gasteiger partial charge in [-0.1, -0.05) is 0 Å². The lowest BCUT2D eigenvalue weighted by Crippen LogP contribution is -2.13. The highest BCUT2D eigenvalue weighted by atomic mass is 16.6. The molecule has 116 heavy (non-hydrogen) atoms. The van der Waals surface area contributed by atoms with Gasteiger partial charge in [0.25, 0.3) is 35.4 Å². The molecule has 6 amide bonds. The third kappa shape index (κ3) is 25.3. The van der Waals surface area contributed by atoms with Crippen LogP contribution in [0.4, 0.5) is 34.1 Å². The summed E-state index contributed by atoms with van der Waals surface area (Å²) in [7, 11) is 0. The number of ether oxygens (including phenoxy) is 12. The van der Waals surface area contributed by atoms with E-state index in [1.807, 2.05) is 0 Å². The fourth-order valence-electron chi connectivity index (χ4n) is 11.0. The molecule has 0 bridgehead atoms. The van der Waals surface area contributed by atoms with E-state index in [9.17, 15) is 28.8 Å². The Kier molecular flexibility index (Phi) is 29.0. The Bertz CT molecular complexity index is 5150. The number of hydrogen-bond donors (Lipinski definition) is 8. The van der Waals surface area contributed by atoms with Gasteiger partial charge in [0, 0.05) is 67.5 Å². The molecule has 0 aromatic heterocycles. The number of anilines is 6. The number of amides is 6.